The van der Waals surface area contributed by atoms with E-state index in [2.05, 4.69) is 9.46 Å². The van der Waals surface area contributed by atoms with Crippen molar-refractivity contribution in [1.29, 1.82) is 0 Å². The van der Waals surface area contributed by atoms with Crippen LogP contribution >= 0.6 is 0 Å². The molecule has 3 N–H and O–H groups in total. The van der Waals surface area contributed by atoms with E-state index in [4.69, 9.17) is 5.73 Å². The number of hydrogen-bond donors (Lipinski definition) is 2. The lowest BCUT2D eigenvalue weighted by atomic mass is 9.95. The average Bonchev–Trinajstić information content (AvgIpc) is 2.52. The third-order valence-corrected chi connectivity index (χ3v) is 5.60. The number of methoxy groups -OCH3 is 1. The summed E-state index contributed by atoms with van der Waals surface area (Å²) >= 11 is 0. The van der Waals surface area contributed by atoms with Gasteiger partial charge in [0.25, 0.3) is 0 Å². The maximum Gasteiger partial charge on any atom is 0.338 e. The molecule has 0 saturated heterocycles. The van der Waals surface area contributed by atoms with E-state index in [0.29, 0.717) is 18.4 Å². The second-order valence-electron chi connectivity index (χ2n) is 5.27. The van der Waals surface area contributed by atoms with Crippen LogP contribution < -0.4 is 10.5 Å². The summed E-state index contributed by atoms with van der Waals surface area (Å²) in [6, 6.07) is 4.38. The van der Waals surface area contributed by atoms with Gasteiger partial charge in [-0.2, -0.15) is 0 Å². The maximum atomic E-state index is 12.6. The molecular weight excluding hydrogens is 304 g/mol. The fraction of sp³-hybridized carbons (Fsp3) is 0.533. The second-order valence-corrected chi connectivity index (χ2v) is 6.95. The summed E-state index contributed by atoms with van der Waals surface area (Å²) in [6.45, 7) is 5.69. The van der Waals surface area contributed by atoms with E-state index in [9.17, 15) is 13.2 Å². The molecule has 0 aliphatic rings. The predicted molar refractivity (Wildman–Crippen MR) is 85.2 cm³/mol. The van der Waals surface area contributed by atoms with Crippen molar-refractivity contribution in [2.24, 2.45) is 5.73 Å². The highest BCUT2D eigenvalue weighted by molar-refractivity contribution is 7.89. The van der Waals surface area contributed by atoms with Crippen LogP contribution in [0.4, 0.5) is 0 Å². The lowest BCUT2D eigenvalue weighted by Gasteiger charge is -2.31. The molecule has 0 amide bonds. The van der Waals surface area contributed by atoms with E-state index < -0.39 is 21.5 Å². The normalized spacial score (nSPS) is 12.2. The Bertz CT molecular complexity index is 629. The number of carbonyl (C=O) groups excluding carboxylic acids is 1. The molecule has 22 heavy (non-hydrogen) atoms. The maximum absolute atomic E-state index is 12.6. The van der Waals surface area contributed by atoms with Crippen LogP contribution in [0.15, 0.2) is 23.1 Å². The number of sulfonamides is 1. The zero-order valence-corrected chi connectivity index (χ0v) is 14.3. The standard InChI is InChI=1S/C15H24N2O4S/c1-5-15(6-2,10-16)17-22(19,20)12-8-7-11(3)13(9-12)14(18)21-4/h7-9,17H,5-6,10,16H2,1-4H3. The molecule has 1 rings (SSSR count). The number of esters is 1. The van der Waals surface area contributed by atoms with Crippen molar-refractivity contribution in [3.8, 4) is 0 Å². The Balaban J connectivity index is 3.27. The molecule has 0 unspecified atom stereocenters. The molecular formula is C15H24N2O4S. The highest BCUT2D eigenvalue weighted by Crippen LogP contribution is 2.21. The third-order valence-electron chi connectivity index (χ3n) is 4.02. The number of nitrogens with one attached hydrogen (secondary N) is 1. The third kappa shape index (κ3) is 3.85. The van der Waals surface area contributed by atoms with Crippen LogP contribution in [0.1, 0.15) is 42.6 Å². The molecule has 0 atom stereocenters. The van der Waals surface area contributed by atoms with Crippen LogP contribution in [0.5, 0.6) is 0 Å². The van der Waals surface area contributed by atoms with Gasteiger partial charge >= 0.3 is 5.97 Å². The van der Waals surface area contributed by atoms with Gasteiger partial charge in [-0.05, 0) is 37.5 Å². The SMILES string of the molecule is CCC(CC)(CN)NS(=O)(=O)c1ccc(C)c(C(=O)OC)c1. The number of nitrogens with two attached hydrogens (primary N) is 1. The van der Waals surface area contributed by atoms with Crippen LogP contribution in [-0.4, -0.2) is 33.6 Å². The lowest BCUT2D eigenvalue weighted by molar-refractivity contribution is 0.0599. The average molecular weight is 328 g/mol. The van der Waals surface area contributed by atoms with Gasteiger partial charge < -0.3 is 10.5 Å². The Hall–Kier alpha value is -1.44. The highest BCUT2D eigenvalue weighted by Gasteiger charge is 2.31. The topological polar surface area (TPSA) is 98.5 Å². The van der Waals surface area contributed by atoms with E-state index in [1.165, 1.54) is 19.2 Å². The molecule has 0 aliphatic heterocycles. The summed E-state index contributed by atoms with van der Waals surface area (Å²) in [5.41, 5.74) is 5.94. The van der Waals surface area contributed by atoms with Crippen LogP contribution in [0.2, 0.25) is 0 Å². The molecule has 7 heteroatoms. The largest absolute Gasteiger partial charge is 0.465 e. The molecule has 124 valence electrons. The van der Waals surface area contributed by atoms with Crippen molar-refractivity contribution in [2.75, 3.05) is 13.7 Å². The quantitative estimate of drug-likeness (QED) is 0.740. The van der Waals surface area contributed by atoms with Crippen molar-refractivity contribution >= 4 is 16.0 Å². The van der Waals surface area contributed by atoms with Gasteiger partial charge in [0.05, 0.1) is 17.6 Å². The molecule has 0 aliphatic carbocycles. The van der Waals surface area contributed by atoms with Gasteiger partial charge in [0.2, 0.25) is 10.0 Å². The summed E-state index contributed by atoms with van der Waals surface area (Å²) in [7, 11) is -2.51. The minimum absolute atomic E-state index is 0.0261. The van der Waals surface area contributed by atoms with Gasteiger partial charge in [-0.15, -0.1) is 0 Å². The van der Waals surface area contributed by atoms with Crippen molar-refractivity contribution in [3.05, 3.63) is 29.3 Å². The van der Waals surface area contributed by atoms with E-state index in [0.717, 1.165) is 0 Å². The number of benzene rings is 1. The molecule has 0 heterocycles. The number of hydrogen-bond acceptors (Lipinski definition) is 5. The second kappa shape index (κ2) is 7.21. The Kier molecular flexibility index (Phi) is 6.10. The minimum Gasteiger partial charge on any atom is -0.465 e. The molecule has 6 nitrogen and oxygen atoms in total. The first-order valence-corrected chi connectivity index (χ1v) is 8.66. The molecule has 1 aromatic rings. The molecule has 0 saturated carbocycles. The first kappa shape index (κ1) is 18.6. The van der Waals surface area contributed by atoms with Gasteiger partial charge in [-0.3, -0.25) is 0 Å². The van der Waals surface area contributed by atoms with Crippen molar-refractivity contribution < 1.29 is 17.9 Å². The fourth-order valence-corrected chi connectivity index (χ4v) is 3.75. The van der Waals surface area contributed by atoms with E-state index in [-0.39, 0.29) is 17.0 Å². The Morgan fingerprint density at radius 1 is 1.32 bits per heavy atom. The lowest BCUT2D eigenvalue weighted by Crippen LogP contribution is -2.52. The molecule has 0 radical (unpaired) electrons. The first-order chi connectivity index (χ1) is 10.2. The first-order valence-electron chi connectivity index (χ1n) is 7.18. The molecule has 0 aromatic heterocycles. The molecule has 0 fully saturated rings. The summed E-state index contributed by atoms with van der Waals surface area (Å²) < 4.78 is 32.5. The van der Waals surface area contributed by atoms with Crippen molar-refractivity contribution in [1.82, 2.24) is 4.72 Å². The zero-order valence-electron chi connectivity index (χ0n) is 13.5. The monoisotopic (exact) mass is 328 g/mol. The summed E-state index contributed by atoms with van der Waals surface area (Å²) in [5, 5.41) is 0. The number of ether oxygens (including phenoxy) is 1. The molecule has 0 spiro atoms. The van der Waals surface area contributed by atoms with Gasteiger partial charge in [-0.25, -0.2) is 17.9 Å². The van der Waals surface area contributed by atoms with E-state index in [1.54, 1.807) is 13.0 Å². The van der Waals surface area contributed by atoms with E-state index >= 15 is 0 Å². The summed E-state index contributed by atoms with van der Waals surface area (Å²) in [6.07, 6.45) is 1.16. The summed E-state index contributed by atoms with van der Waals surface area (Å²) in [4.78, 5) is 11.7. The Morgan fingerprint density at radius 2 is 1.91 bits per heavy atom. The smallest absolute Gasteiger partial charge is 0.338 e. The Morgan fingerprint density at radius 3 is 2.36 bits per heavy atom. The highest BCUT2D eigenvalue weighted by atomic mass is 32.2. The van der Waals surface area contributed by atoms with Crippen LogP contribution in [-0.2, 0) is 14.8 Å². The van der Waals surface area contributed by atoms with Gasteiger partial charge in [0.1, 0.15) is 0 Å². The van der Waals surface area contributed by atoms with Crippen molar-refractivity contribution in [2.45, 2.75) is 44.0 Å². The summed E-state index contributed by atoms with van der Waals surface area (Å²) in [5.74, 6) is -0.564. The van der Waals surface area contributed by atoms with Crippen LogP contribution in [0.25, 0.3) is 0 Å². The van der Waals surface area contributed by atoms with Gasteiger partial charge in [0, 0.05) is 12.1 Å². The molecule has 1 aromatic carbocycles. The molecule has 0 bridgehead atoms. The van der Waals surface area contributed by atoms with Gasteiger partial charge in [0.15, 0.2) is 0 Å². The van der Waals surface area contributed by atoms with Gasteiger partial charge in [-0.1, -0.05) is 19.9 Å². The minimum atomic E-state index is -3.77. The van der Waals surface area contributed by atoms with Crippen LogP contribution in [0.3, 0.4) is 0 Å². The number of carbonyl (C=O) groups is 1. The van der Waals surface area contributed by atoms with E-state index in [1.807, 2.05) is 13.8 Å². The predicted octanol–water partition coefficient (Wildman–Crippen LogP) is 1.58. The number of aryl methyl sites for hydroxylation is 1. The van der Waals surface area contributed by atoms with Crippen LogP contribution in [0, 0.1) is 6.92 Å². The zero-order chi connectivity index (χ0) is 17.0. The van der Waals surface area contributed by atoms with Crippen molar-refractivity contribution in [3.63, 3.8) is 0 Å². The fourth-order valence-electron chi connectivity index (χ4n) is 2.17. The Labute approximate surface area is 132 Å². The number of rotatable bonds is 7.